The molecule has 0 amide bonds. The Kier molecular flexibility index (Phi) is 6.18. The molecule has 3 rings (SSSR count). The maximum absolute atomic E-state index is 12.8. The largest absolute Gasteiger partial charge is 0.363 e. The molecule has 0 radical (unpaired) electrons. The molecule has 0 unspecified atom stereocenters. The minimum atomic E-state index is -1.88. The van der Waals surface area contributed by atoms with Crippen molar-refractivity contribution < 1.29 is 8.78 Å². The number of pyridine rings is 1. The van der Waals surface area contributed by atoms with E-state index in [1.165, 1.54) is 10.9 Å². The van der Waals surface area contributed by atoms with Crippen molar-refractivity contribution in [3.8, 4) is 11.1 Å². The summed E-state index contributed by atoms with van der Waals surface area (Å²) in [5.74, 6) is 0.840. The molecule has 152 valence electrons. The van der Waals surface area contributed by atoms with Crippen LogP contribution < -0.4 is 16.3 Å². The lowest BCUT2D eigenvalue weighted by molar-refractivity contribution is 0.400. The van der Waals surface area contributed by atoms with Gasteiger partial charge in [-0.15, -0.1) is 0 Å². The first-order valence-corrected chi connectivity index (χ1v) is 8.97. The number of benzene rings is 1. The Morgan fingerprint density at radius 3 is 2.55 bits per heavy atom. The van der Waals surface area contributed by atoms with Gasteiger partial charge in [-0.2, -0.15) is 13.9 Å². The zero-order chi connectivity index (χ0) is 21.0. The summed E-state index contributed by atoms with van der Waals surface area (Å²) in [5.41, 5.74) is 7.26. The van der Waals surface area contributed by atoms with Crippen LogP contribution in [-0.4, -0.2) is 40.0 Å². The summed E-state index contributed by atoms with van der Waals surface area (Å²) < 4.78 is 28.0. The van der Waals surface area contributed by atoms with Gasteiger partial charge >= 0.3 is 5.69 Å². The van der Waals surface area contributed by atoms with Gasteiger partial charge in [0.05, 0.1) is 13.1 Å². The first-order chi connectivity index (χ1) is 13.9. The molecule has 0 fully saturated rings. The van der Waals surface area contributed by atoms with Gasteiger partial charge in [-0.25, -0.2) is 14.5 Å². The number of anilines is 1. The molecule has 1 aromatic carbocycles. The first kappa shape index (κ1) is 20.4. The summed E-state index contributed by atoms with van der Waals surface area (Å²) >= 11 is 0. The van der Waals surface area contributed by atoms with Crippen LogP contribution in [-0.2, 0) is 13.1 Å². The number of aromatic nitrogens is 4. The van der Waals surface area contributed by atoms with E-state index in [-0.39, 0.29) is 25.2 Å². The highest BCUT2D eigenvalue weighted by Crippen LogP contribution is 2.24. The van der Waals surface area contributed by atoms with Gasteiger partial charge in [-0.05, 0) is 23.3 Å². The molecule has 3 aromatic rings. The fourth-order valence-corrected chi connectivity index (χ4v) is 2.90. The quantitative estimate of drug-likeness (QED) is 0.658. The van der Waals surface area contributed by atoms with Gasteiger partial charge < -0.3 is 10.6 Å². The lowest BCUT2D eigenvalue weighted by atomic mass is 10.0. The maximum atomic E-state index is 12.8. The summed E-state index contributed by atoms with van der Waals surface area (Å²) in [6.07, 6.45) is 1.24. The van der Waals surface area contributed by atoms with Gasteiger partial charge in [0.25, 0.3) is 6.08 Å². The smallest absolute Gasteiger partial charge is 0.346 e. The van der Waals surface area contributed by atoms with E-state index in [1.807, 2.05) is 55.4 Å². The Balaban J connectivity index is 1.89. The minimum Gasteiger partial charge on any atom is -0.363 e. The van der Waals surface area contributed by atoms with Crippen molar-refractivity contribution in [3.05, 3.63) is 76.6 Å². The Morgan fingerprint density at radius 1 is 1.17 bits per heavy atom. The fraction of sp³-hybridized carbons (Fsp3) is 0.250. The summed E-state index contributed by atoms with van der Waals surface area (Å²) in [5, 5.41) is 3.94. The normalized spacial score (nSPS) is 10.8. The second kappa shape index (κ2) is 8.78. The number of rotatable bonds is 7. The van der Waals surface area contributed by atoms with Gasteiger partial charge in [0.15, 0.2) is 0 Å². The van der Waals surface area contributed by atoms with E-state index in [1.54, 1.807) is 6.20 Å². The maximum Gasteiger partial charge on any atom is 0.346 e. The molecule has 7 nitrogen and oxygen atoms in total. The standard InChI is InChI=1S/C20H22F2N6O/c1-26(2)18-8-7-14(10-24-18)17-6-4-3-5-15(17)11-27-13-25-28(20(27)29)12-16(9-23)19(21)22/h3-8,10,13H,9,11-12,23H2,1-2H3. The molecule has 0 bridgehead atoms. The highest BCUT2D eigenvalue weighted by Gasteiger charge is 2.13. The molecule has 9 heteroatoms. The first-order valence-electron chi connectivity index (χ1n) is 8.97. The van der Waals surface area contributed by atoms with Crippen molar-refractivity contribution >= 4 is 5.82 Å². The minimum absolute atomic E-state index is 0.254. The summed E-state index contributed by atoms with van der Waals surface area (Å²) in [6.45, 7) is -0.410. The zero-order valence-electron chi connectivity index (χ0n) is 16.2. The van der Waals surface area contributed by atoms with Crippen molar-refractivity contribution in [2.75, 3.05) is 25.5 Å². The van der Waals surface area contributed by atoms with E-state index in [0.29, 0.717) is 0 Å². The average Bonchev–Trinajstić information content (AvgIpc) is 3.05. The molecule has 2 N–H and O–H groups in total. The predicted octanol–water partition coefficient (Wildman–Crippen LogP) is 2.33. The third kappa shape index (κ3) is 4.57. The van der Waals surface area contributed by atoms with E-state index in [2.05, 4.69) is 10.1 Å². The Bertz CT molecular complexity index is 1070. The van der Waals surface area contributed by atoms with Crippen molar-refractivity contribution in [1.29, 1.82) is 0 Å². The van der Waals surface area contributed by atoms with Gasteiger partial charge in [0.2, 0.25) is 0 Å². The Hall–Kier alpha value is -3.33. The van der Waals surface area contributed by atoms with E-state index in [9.17, 15) is 13.6 Å². The van der Waals surface area contributed by atoms with Crippen LogP contribution >= 0.6 is 0 Å². The Labute approximate surface area is 166 Å². The van der Waals surface area contributed by atoms with E-state index < -0.39 is 11.8 Å². The van der Waals surface area contributed by atoms with Crippen LogP contribution in [0.1, 0.15) is 5.56 Å². The topological polar surface area (TPSA) is 82.0 Å². The van der Waals surface area contributed by atoms with E-state index in [0.717, 1.165) is 27.2 Å². The highest BCUT2D eigenvalue weighted by molar-refractivity contribution is 5.67. The molecule has 0 aliphatic heterocycles. The fourth-order valence-electron chi connectivity index (χ4n) is 2.90. The molecule has 0 spiro atoms. The van der Waals surface area contributed by atoms with Gasteiger partial charge in [-0.1, -0.05) is 24.3 Å². The Morgan fingerprint density at radius 2 is 1.93 bits per heavy atom. The van der Waals surface area contributed by atoms with Crippen LogP contribution in [0.3, 0.4) is 0 Å². The monoisotopic (exact) mass is 400 g/mol. The molecule has 0 aliphatic carbocycles. The van der Waals surface area contributed by atoms with E-state index >= 15 is 0 Å². The van der Waals surface area contributed by atoms with Crippen LogP contribution in [0.5, 0.6) is 0 Å². The van der Waals surface area contributed by atoms with Crippen LogP contribution in [0, 0.1) is 0 Å². The molecule has 2 aromatic heterocycles. The van der Waals surface area contributed by atoms with Crippen molar-refractivity contribution in [3.63, 3.8) is 0 Å². The van der Waals surface area contributed by atoms with Crippen molar-refractivity contribution in [2.45, 2.75) is 13.1 Å². The summed E-state index contributed by atoms with van der Waals surface area (Å²) in [7, 11) is 3.83. The van der Waals surface area contributed by atoms with Gasteiger partial charge in [0, 0.05) is 38.0 Å². The van der Waals surface area contributed by atoms with Crippen LogP contribution in [0.4, 0.5) is 14.6 Å². The third-order valence-electron chi connectivity index (χ3n) is 4.53. The number of hydrogen-bond acceptors (Lipinski definition) is 5. The predicted molar refractivity (Wildman–Crippen MR) is 108 cm³/mol. The number of hydrogen-bond donors (Lipinski definition) is 1. The number of halogens is 2. The highest BCUT2D eigenvalue weighted by atomic mass is 19.3. The molecular weight excluding hydrogens is 378 g/mol. The second-order valence-corrected chi connectivity index (χ2v) is 6.72. The summed E-state index contributed by atoms with van der Waals surface area (Å²) in [4.78, 5) is 18.9. The van der Waals surface area contributed by atoms with Crippen LogP contribution in [0.25, 0.3) is 11.1 Å². The SMILES string of the molecule is CN(C)c1ccc(-c2ccccc2Cn2cnn(CC(CN)=C(F)F)c2=O)cn1. The molecule has 0 atom stereocenters. The molecule has 0 saturated heterocycles. The van der Waals surface area contributed by atoms with Gasteiger partial charge in [-0.3, -0.25) is 4.57 Å². The number of nitrogens with two attached hydrogens (primary N) is 1. The molecule has 29 heavy (non-hydrogen) atoms. The average molecular weight is 400 g/mol. The van der Waals surface area contributed by atoms with Crippen LogP contribution in [0.2, 0.25) is 0 Å². The zero-order valence-corrected chi connectivity index (χ0v) is 16.2. The molecule has 0 aliphatic rings. The van der Waals surface area contributed by atoms with Gasteiger partial charge in [0.1, 0.15) is 12.1 Å². The van der Waals surface area contributed by atoms with Crippen molar-refractivity contribution in [1.82, 2.24) is 19.3 Å². The molecular formula is C20H22F2N6O. The lowest BCUT2D eigenvalue weighted by Gasteiger charge is -2.13. The third-order valence-corrected chi connectivity index (χ3v) is 4.53. The summed E-state index contributed by atoms with van der Waals surface area (Å²) in [6, 6.07) is 11.5. The second-order valence-electron chi connectivity index (χ2n) is 6.72. The van der Waals surface area contributed by atoms with Crippen LogP contribution in [0.15, 0.2) is 65.4 Å². The van der Waals surface area contributed by atoms with E-state index in [4.69, 9.17) is 5.73 Å². The van der Waals surface area contributed by atoms with Crippen molar-refractivity contribution in [2.24, 2.45) is 5.73 Å². The lowest BCUT2D eigenvalue weighted by Crippen LogP contribution is -2.27. The molecule has 2 heterocycles. The molecule has 0 saturated carbocycles. The number of nitrogens with zero attached hydrogens (tertiary/aromatic N) is 5.